The van der Waals surface area contributed by atoms with Crippen molar-refractivity contribution in [2.75, 3.05) is 72.4 Å². The van der Waals surface area contributed by atoms with Gasteiger partial charge in [-0.15, -0.1) is 0 Å². The number of nitrogens with one attached hydrogen (secondary N) is 1. The fraction of sp³-hybridized carbons (Fsp3) is 0.680. The molecule has 3 saturated heterocycles. The van der Waals surface area contributed by atoms with Crippen molar-refractivity contribution in [2.45, 2.75) is 43.9 Å². The Kier molecular flexibility index (Phi) is 7.56. The number of carbonyl (C=O) groups is 2. The van der Waals surface area contributed by atoms with Crippen LogP contribution in [0.4, 0.5) is 5.69 Å². The lowest BCUT2D eigenvalue weighted by molar-refractivity contribution is -0.133. The number of fused-ring (bicyclic) bond motifs is 1. The molecule has 1 N–H and O–H groups in total. The largest absolute Gasteiger partial charge is 0.378 e. The van der Waals surface area contributed by atoms with Gasteiger partial charge in [0.25, 0.3) is 0 Å². The van der Waals surface area contributed by atoms with Gasteiger partial charge in [-0.2, -0.15) is 0 Å². The van der Waals surface area contributed by atoms with Gasteiger partial charge in [-0.3, -0.25) is 19.4 Å². The molecule has 3 heterocycles. The number of nitrogens with zero attached hydrogens (tertiary/aromatic N) is 5. The highest BCUT2D eigenvalue weighted by atomic mass is 16.2. The quantitative estimate of drug-likeness (QED) is 0.679. The SMILES string of the molecule is CN1CCN(C(=O)CC[C@H]2CNC(=O)[C@@H]3[C@@H](CCN3Cc3ccc(N(C)C)cc3)N2C)CC1. The molecule has 3 atom stereocenters. The maximum Gasteiger partial charge on any atom is 0.239 e. The molecule has 33 heavy (non-hydrogen) atoms. The third kappa shape index (κ3) is 5.50. The van der Waals surface area contributed by atoms with Gasteiger partial charge in [-0.1, -0.05) is 12.1 Å². The van der Waals surface area contributed by atoms with Crippen molar-refractivity contribution in [2.24, 2.45) is 0 Å². The van der Waals surface area contributed by atoms with Crippen molar-refractivity contribution in [3.05, 3.63) is 29.8 Å². The third-order valence-electron chi connectivity index (χ3n) is 7.74. The smallest absolute Gasteiger partial charge is 0.239 e. The molecule has 1 aromatic rings. The van der Waals surface area contributed by atoms with E-state index in [1.807, 2.05) is 19.0 Å². The van der Waals surface area contributed by atoms with Crippen LogP contribution in [-0.2, 0) is 16.1 Å². The Balaban J connectivity index is 1.35. The first-order valence-electron chi connectivity index (χ1n) is 12.3. The van der Waals surface area contributed by atoms with E-state index in [2.05, 4.69) is 63.3 Å². The molecular formula is C25H40N6O2. The van der Waals surface area contributed by atoms with Crippen LogP contribution < -0.4 is 10.2 Å². The molecule has 8 heteroatoms. The summed E-state index contributed by atoms with van der Waals surface area (Å²) in [4.78, 5) is 36.9. The standard InChI is InChI=1S/C25H40N6O2/c1-27(2)20-7-5-19(6-8-20)18-31-12-11-22-24(31)25(33)26-17-21(29(22)4)9-10-23(32)30-15-13-28(3)14-16-30/h5-8,21-22,24H,9-18H2,1-4H3,(H,26,33)/t21-,22+,24-/m0/s1. The lowest BCUT2D eigenvalue weighted by atomic mass is 10.0. The van der Waals surface area contributed by atoms with Gasteiger partial charge in [0.2, 0.25) is 11.8 Å². The first kappa shape index (κ1) is 24.0. The molecule has 182 valence electrons. The van der Waals surface area contributed by atoms with Crippen LogP contribution in [0.15, 0.2) is 24.3 Å². The average Bonchev–Trinajstić information content (AvgIpc) is 3.17. The van der Waals surface area contributed by atoms with E-state index < -0.39 is 0 Å². The average molecular weight is 457 g/mol. The number of hydrogen-bond acceptors (Lipinski definition) is 6. The van der Waals surface area contributed by atoms with Gasteiger partial charge < -0.3 is 20.0 Å². The lowest BCUT2D eigenvalue weighted by Gasteiger charge is -2.35. The van der Waals surface area contributed by atoms with Crippen LogP contribution >= 0.6 is 0 Å². The van der Waals surface area contributed by atoms with E-state index in [0.29, 0.717) is 13.0 Å². The highest BCUT2D eigenvalue weighted by molar-refractivity contribution is 5.83. The molecule has 0 bridgehead atoms. The van der Waals surface area contributed by atoms with Gasteiger partial charge in [-0.05, 0) is 44.6 Å². The predicted molar refractivity (Wildman–Crippen MR) is 131 cm³/mol. The molecule has 0 saturated carbocycles. The molecule has 0 aliphatic carbocycles. The van der Waals surface area contributed by atoms with Crippen molar-refractivity contribution >= 4 is 17.5 Å². The molecule has 3 fully saturated rings. The van der Waals surface area contributed by atoms with E-state index in [1.54, 1.807) is 0 Å². The highest BCUT2D eigenvalue weighted by Crippen LogP contribution is 2.29. The minimum atomic E-state index is -0.137. The highest BCUT2D eigenvalue weighted by Gasteiger charge is 2.45. The van der Waals surface area contributed by atoms with E-state index >= 15 is 0 Å². The van der Waals surface area contributed by atoms with Crippen LogP contribution in [0, 0.1) is 0 Å². The number of amides is 2. The molecule has 2 amide bonds. The monoisotopic (exact) mass is 456 g/mol. The predicted octanol–water partition coefficient (Wildman–Crippen LogP) is 0.680. The lowest BCUT2D eigenvalue weighted by Crippen LogP contribution is -2.50. The second-order valence-corrected chi connectivity index (χ2v) is 10.1. The summed E-state index contributed by atoms with van der Waals surface area (Å²) >= 11 is 0. The molecular weight excluding hydrogens is 416 g/mol. The van der Waals surface area contributed by atoms with Gasteiger partial charge in [0, 0.05) is 84.1 Å². The van der Waals surface area contributed by atoms with Gasteiger partial charge >= 0.3 is 0 Å². The van der Waals surface area contributed by atoms with Crippen LogP contribution in [0.5, 0.6) is 0 Å². The zero-order valence-corrected chi connectivity index (χ0v) is 20.7. The van der Waals surface area contributed by atoms with Crippen molar-refractivity contribution < 1.29 is 9.59 Å². The molecule has 0 unspecified atom stereocenters. The number of rotatable bonds is 6. The Morgan fingerprint density at radius 3 is 2.42 bits per heavy atom. The second kappa shape index (κ2) is 10.4. The van der Waals surface area contributed by atoms with Gasteiger partial charge in [0.1, 0.15) is 6.04 Å². The molecule has 4 rings (SSSR count). The Hall–Kier alpha value is -2.16. The van der Waals surface area contributed by atoms with Crippen LogP contribution in [0.3, 0.4) is 0 Å². The van der Waals surface area contributed by atoms with Crippen molar-refractivity contribution in [1.29, 1.82) is 0 Å². The number of hydrogen-bond donors (Lipinski definition) is 1. The van der Waals surface area contributed by atoms with E-state index in [1.165, 1.54) is 11.3 Å². The molecule has 3 aliphatic rings. The molecule has 0 aromatic heterocycles. The second-order valence-electron chi connectivity index (χ2n) is 10.1. The maximum atomic E-state index is 13.1. The number of likely N-dealkylation sites (tertiary alicyclic amines) is 1. The first-order valence-corrected chi connectivity index (χ1v) is 12.3. The summed E-state index contributed by atoms with van der Waals surface area (Å²) in [5.74, 6) is 0.375. The van der Waals surface area contributed by atoms with Gasteiger partial charge in [-0.25, -0.2) is 0 Å². The van der Waals surface area contributed by atoms with Gasteiger partial charge in [0.15, 0.2) is 0 Å². The Bertz CT molecular complexity index is 821. The Labute approximate surface area is 198 Å². The maximum absolute atomic E-state index is 13.1. The van der Waals surface area contributed by atoms with E-state index in [9.17, 15) is 9.59 Å². The number of benzene rings is 1. The minimum Gasteiger partial charge on any atom is -0.378 e. The molecule has 1 aromatic carbocycles. The first-order chi connectivity index (χ1) is 15.8. The van der Waals surface area contributed by atoms with Crippen LogP contribution in [-0.4, -0.2) is 117 Å². The van der Waals surface area contributed by atoms with Crippen molar-refractivity contribution in [3.8, 4) is 0 Å². The summed E-state index contributed by atoms with van der Waals surface area (Å²) in [6.07, 6.45) is 2.32. The van der Waals surface area contributed by atoms with E-state index in [4.69, 9.17) is 0 Å². The summed E-state index contributed by atoms with van der Waals surface area (Å²) in [5.41, 5.74) is 2.41. The van der Waals surface area contributed by atoms with Crippen molar-refractivity contribution in [1.82, 2.24) is 24.9 Å². The fourth-order valence-electron chi connectivity index (χ4n) is 5.46. The number of anilines is 1. The summed E-state index contributed by atoms with van der Waals surface area (Å²) in [6.45, 7) is 5.84. The summed E-state index contributed by atoms with van der Waals surface area (Å²) in [5, 5.41) is 3.18. The van der Waals surface area contributed by atoms with Crippen molar-refractivity contribution in [3.63, 3.8) is 0 Å². The molecule has 0 spiro atoms. The van der Waals surface area contributed by atoms with Crippen LogP contribution in [0.1, 0.15) is 24.8 Å². The number of carbonyl (C=O) groups excluding carboxylic acids is 2. The topological polar surface area (TPSA) is 62.4 Å². The number of piperazine rings is 1. The van der Waals surface area contributed by atoms with Crippen LogP contribution in [0.25, 0.3) is 0 Å². The van der Waals surface area contributed by atoms with E-state index in [0.717, 1.165) is 52.1 Å². The zero-order valence-electron chi connectivity index (χ0n) is 20.7. The molecule has 3 aliphatic heterocycles. The normalized spacial score (nSPS) is 27.2. The minimum absolute atomic E-state index is 0.127. The van der Waals surface area contributed by atoms with E-state index in [-0.39, 0.29) is 29.9 Å². The van der Waals surface area contributed by atoms with Gasteiger partial charge in [0.05, 0.1) is 0 Å². The number of likely N-dealkylation sites (N-methyl/N-ethyl adjacent to an activating group) is 2. The summed E-state index contributed by atoms with van der Waals surface area (Å²) < 4.78 is 0. The Morgan fingerprint density at radius 1 is 1.06 bits per heavy atom. The summed E-state index contributed by atoms with van der Waals surface area (Å²) in [7, 11) is 8.32. The molecule has 8 nitrogen and oxygen atoms in total. The summed E-state index contributed by atoms with van der Waals surface area (Å²) in [6, 6.07) is 8.84. The Morgan fingerprint density at radius 2 is 1.76 bits per heavy atom. The third-order valence-corrected chi connectivity index (χ3v) is 7.74. The van der Waals surface area contributed by atoms with Crippen LogP contribution in [0.2, 0.25) is 0 Å². The fourth-order valence-corrected chi connectivity index (χ4v) is 5.46. The molecule has 0 radical (unpaired) electrons. The zero-order chi connectivity index (χ0) is 23.5.